The van der Waals surface area contributed by atoms with Crippen LogP contribution in [0.2, 0.25) is 0 Å². The molecule has 0 unspecified atom stereocenters. The predicted octanol–water partition coefficient (Wildman–Crippen LogP) is 4.18. The Labute approximate surface area is 173 Å². The summed E-state index contributed by atoms with van der Waals surface area (Å²) in [6, 6.07) is 13.4. The molecule has 2 heterocycles. The van der Waals surface area contributed by atoms with E-state index in [0.29, 0.717) is 6.61 Å². The van der Waals surface area contributed by atoms with E-state index in [9.17, 15) is 4.79 Å². The largest absolute Gasteiger partial charge is 0.493 e. The maximum Gasteiger partial charge on any atom is 0.248 e. The summed E-state index contributed by atoms with van der Waals surface area (Å²) in [5, 5.41) is 3.92. The van der Waals surface area contributed by atoms with Gasteiger partial charge >= 0.3 is 0 Å². The highest BCUT2D eigenvalue weighted by Crippen LogP contribution is 2.31. The number of carbonyl (C=O) groups is 1. The molecule has 0 radical (unpaired) electrons. The van der Waals surface area contributed by atoms with Crippen molar-refractivity contribution in [2.75, 3.05) is 43.1 Å². The summed E-state index contributed by atoms with van der Waals surface area (Å²) in [5.74, 6) is 0.578. The van der Waals surface area contributed by atoms with Gasteiger partial charge in [0.25, 0.3) is 0 Å². The molecule has 2 aromatic carbocycles. The lowest BCUT2D eigenvalue weighted by Gasteiger charge is -2.25. The second-order valence-corrected chi connectivity index (χ2v) is 7.58. The molecule has 1 N–H and O–H groups in total. The molecule has 1 aliphatic rings. The fraction of sp³-hybridized carbons (Fsp3) is 0.273. The van der Waals surface area contributed by atoms with E-state index in [2.05, 4.69) is 10.2 Å². The van der Waals surface area contributed by atoms with Gasteiger partial charge in [-0.2, -0.15) is 0 Å². The fourth-order valence-electron chi connectivity index (χ4n) is 3.13. The molecule has 1 amide bonds. The number of nitrogens with zero attached hydrogens (tertiary/aromatic N) is 2. The minimum atomic E-state index is -0.187. The van der Waals surface area contributed by atoms with Crippen molar-refractivity contribution in [3.63, 3.8) is 0 Å². The molecule has 1 fully saturated rings. The Bertz CT molecular complexity index is 1030. The van der Waals surface area contributed by atoms with Gasteiger partial charge < -0.3 is 19.7 Å². The zero-order valence-electron chi connectivity index (χ0n) is 16.3. The van der Waals surface area contributed by atoms with E-state index in [1.807, 2.05) is 49.4 Å². The Morgan fingerprint density at radius 1 is 1.28 bits per heavy atom. The Kier molecular flexibility index (Phi) is 6.07. The van der Waals surface area contributed by atoms with E-state index in [0.717, 1.165) is 58.7 Å². The van der Waals surface area contributed by atoms with E-state index in [-0.39, 0.29) is 5.91 Å². The van der Waals surface area contributed by atoms with Gasteiger partial charge in [-0.25, -0.2) is 4.98 Å². The Morgan fingerprint density at radius 2 is 2.10 bits per heavy atom. The van der Waals surface area contributed by atoms with Gasteiger partial charge in [-0.05, 0) is 37.3 Å². The van der Waals surface area contributed by atoms with Gasteiger partial charge in [0.2, 0.25) is 5.91 Å². The van der Waals surface area contributed by atoms with Gasteiger partial charge in [0.1, 0.15) is 5.75 Å². The zero-order chi connectivity index (χ0) is 20.1. The number of ether oxygens (including phenoxy) is 2. The summed E-state index contributed by atoms with van der Waals surface area (Å²) in [5.41, 5.74) is 2.57. The Morgan fingerprint density at radius 3 is 2.93 bits per heavy atom. The topological polar surface area (TPSA) is 63.7 Å². The normalized spacial score (nSPS) is 14.4. The van der Waals surface area contributed by atoms with E-state index >= 15 is 0 Å². The van der Waals surface area contributed by atoms with Crippen LogP contribution in [0.15, 0.2) is 48.5 Å². The molecule has 0 aliphatic carbocycles. The van der Waals surface area contributed by atoms with Crippen molar-refractivity contribution in [3.8, 4) is 5.75 Å². The summed E-state index contributed by atoms with van der Waals surface area (Å²) in [6.07, 6.45) is 3.29. The van der Waals surface area contributed by atoms with Gasteiger partial charge in [0, 0.05) is 30.4 Å². The van der Waals surface area contributed by atoms with Crippen LogP contribution in [0.1, 0.15) is 12.5 Å². The molecular formula is C22H23N3O3S. The van der Waals surface area contributed by atoms with Crippen LogP contribution in [0.3, 0.4) is 0 Å². The molecule has 7 heteroatoms. The van der Waals surface area contributed by atoms with Crippen LogP contribution >= 0.6 is 11.3 Å². The molecule has 150 valence electrons. The number of fused-ring (bicyclic) bond motifs is 1. The van der Waals surface area contributed by atoms with Crippen LogP contribution in [0.5, 0.6) is 5.75 Å². The second kappa shape index (κ2) is 9.07. The van der Waals surface area contributed by atoms with Gasteiger partial charge in [0.15, 0.2) is 5.13 Å². The third-order valence-electron chi connectivity index (χ3n) is 4.56. The number of aromatic nitrogens is 1. The first kappa shape index (κ1) is 19.4. The third-order valence-corrected chi connectivity index (χ3v) is 5.64. The summed E-state index contributed by atoms with van der Waals surface area (Å²) in [7, 11) is 0. The minimum absolute atomic E-state index is 0.187. The zero-order valence-corrected chi connectivity index (χ0v) is 17.1. The molecule has 1 saturated heterocycles. The van der Waals surface area contributed by atoms with Crippen molar-refractivity contribution in [2.24, 2.45) is 0 Å². The molecule has 0 saturated carbocycles. The van der Waals surface area contributed by atoms with E-state index in [1.165, 1.54) is 6.08 Å². The molecule has 4 rings (SSSR count). The van der Waals surface area contributed by atoms with E-state index in [4.69, 9.17) is 14.5 Å². The van der Waals surface area contributed by atoms with Gasteiger partial charge in [-0.15, -0.1) is 0 Å². The first-order valence-corrected chi connectivity index (χ1v) is 10.5. The summed E-state index contributed by atoms with van der Waals surface area (Å²) in [6.45, 7) is 5.70. The van der Waals surface area contributed by atoms with Crippen molar-refractivity contribution < 1.29 is 14.3 Å². The number of nitrogens with one attached hydrogen (secondary N) is 1. The molecule has 29 heavy (non-hydrogen) atoms. The molecule has 6 nitrogen and oxygen atoms in total. The minimum Gasteiger partial charge on any atom is -0.493 e. The number of rotatable bonds is 6. The fourth-order valence-corrected chi connectivity index (χ4v) is 4.19. The van der Waals surface area contributed by atoms with Gasteiger partial charge in [-0.1, -0.05) is 29.5 Å². The monoisotopic (exact) mass is 409 g/mol. The average molecular weight is 410 g/mol. The summed E-state index contributed by atoms with van der Waals surface area (Å²) in [4.78, 5) is 19.3. The van der Waals surface area contributed by atoms with Crippen LogP contribution < -0.4 is 15.0 Å². The number of benzene rings is 2. The maximum absolute atomic E-state index is 12.4. The highest BCUT2D eigenvalue weighted by Gasteiger charge is 2.15. The lowest BCUT2D eigenvalue weighted by molar-refractivity contribution is -0.111. The van der Waals surface area contributed by atoms with Gasteiger partial charge in [-0.3, -0.25) is 4.79 Å². The third kappa shape index (κ3) is 4.75. The predicted molar refractivity (Wildman–Crippen MR) is 118 cm³/mol. The van der Waals surface area contributed by atoms with Crippen LogP contribution in [-0.2, 0) is 9.53 Å². The number of hydrogen-bond donors (Lipinski definition) is 1. The van der Waals surface area contributed by atoms with E-state index < -0.39 is 0 Å². The SMILES string of the molecule is CCOc1ccccc1C=CC(=O)Nc1ccc2nc(N3CCOCC3)sc2c1. The Balaban J connectivity index is 1.45. The highest BCUT2D eigenvalue weighted by atomic mass is 32.1. The first-order valence-electron chi connectivity index (χ1n) is 9.67. The number of anilines is 2. The summed E-state index contributed by atoms with van der Waals surface area (Å²) >= 11 is 1.64. The molecule has 0 atom stereocenters. The molecule has 3 aromatic rings. The van der Waals surface area contributed by atoms with Crippen molar-refractivity contribution >= 4 is 44.4 Å². The van der Waals surface area contributed by atoms with Crippen molar-refractivity contribution in [3.05, 3.63) is 54.1 Å². The first-order chi connectivity index (χ1) is 14.2. The summed E-state index contributed by atoms with van der Waals surface area (Å²) < 4.78 is 12.0. The molecule has 1 aliphatic heterocycles. The number of thiazole rings is 1. The van der Waals surface area contributed by atoms with Crippen LogP contribution in [0.25, 0.3) is 16.3 Å². The number of amides is 1. The molecule has 0 spiro atoms. The smallest absolute Gasteiger partial charge is 0.248 e. The standard InChI is InChI=1S/C22H23N3O3S/c1-2-28-19-6-4-3-5-16(19)7-10-21(26)23-17-8-9-18-20(15-17)29-22(24-18)25-11-13-27-14-12-25/h3-10,15H,2,11-14H2,1H3,(H,23,26). The van der Waals surface area contributed by atoms with Crippen molar-refractivity contribution in [2.45, 2.75) is 6.92 Å². The Hall–Kier alpha value is -2.90. The highest BCUT2D eigenvalue weighted by molar-refractivity contribution is 7.22. The molecular weight excluding hydrogens is 386 g/mol. The molecule has 0 bridgehead atoms. The number of carbonyl (C=O) groups excluding carboxylic acids is 1. The van der Waals surface area contributed by atoms with Gasteiger partial charge in [0.05, 0.1) is 30.0 Å². The van der Waals surface area contributed by atoms with Crippen molar-refractivity contribution in [1.29, 1.82) is 0 Å². The lowest BCUT2D eigenvalue weighted by atomic mass is 10.2. The number of hydrogen-bond acceptors (Lipinski definition) is 6. The average Bonchev–Trinajstić information content (AvgIpc) is 3.17. The number of morpholine rings is 1. The lowest BCUT2D eigenvalue weighted by Crippen LogP contribution is -2.36. The molecule has 1 aromatic heterocycles. The van der Waals surface area contributed by atoms with Crippen molar-refractivity contribution in [1.82, 2.24) is 4.98 Å². The maximum atomic E-state index is 12.4. The quantitative estimate of drug-likeness (QED) is 0.619. The van der Waals surface area contributed by atoms with Crippen LogP contribution in [0, 0.1) is 0 Å². The second-order valence-electron chi connectivity index (χ2n) is 6.57. The number of para-hydroxylation sites is 1. The van der Waals surface area contributed by atoms with E-state index in [1.54, 1.807) is 17.4 Å². The van der Waals surface area contributed by atoms with Crippen LogP contribution in [-0.4, -0.2) is 43.8 Å². The van der Waals surface area contributed by atoms with Crippen LogP contribution in [0.4, 0.5) is 10.8 Å².